The molecule has 43 heavy (non-hydrogen) atoms. The standard InChI is InChI=1S/C31H30O12/c1-19(32)39-24-25(42-43-29(34)22-14-16-23(36-2)17-15-22)27(40-28(33)21-12-8-5-9-13-21)31(41-26(24)30(35)37-3)38-18-20-10-6-4-7-11-20/h4-17,24-27,31H,18H2,1-3H3/t24-,25+,26-,27-,31-/m1/s1. The lowest BCUT2D eigenvalue weighted by Crippen LogP contribution is -2.63. The summed E-state index contributed by atoms with van der Waals surface area (Å²) in [4.78, 5) is 61.7. The van der Waals surface area contributed by atoms with Gasteiger partial charge in [0, 0.05) is 6.92 Å². The average Bonchev–Trinajstić information content (AvgIpc) is 3.04. The molecule has 0 unspecified atom stereocenters. The molecule has 3 aromatic rings. The van der Waals surface area contributed by atoms with Crippen molar-refractivity contribution in [3.05, 3.63) is 102 Å². The number of hydrogen-bond donors (Lipinski definition) is 0. The highest BCUT2D eigenvalue weighted by molar-refractivity contribution is 5.90. The Hall–Kier alpha value is -4.78. The van der Waals surface area contributed by atoms with Crippen LogP contribution in [-0.4, -0.2) is 68.8 Å². The van der Waals surface area contributed by atoms with Gasteiger partial charge >= 0.3 is 23.9 Å². The molecule has 5 atom stereocenters. The van der Waals surface area contributed by atoms with E-state index < -0.39 is 54.6 Å². The molecule has 3 aromatic carbocycles. The van der Waals surface area contributed by atoms with Crippen LogP contribution >= 0.6 is 0 Å². The second-order valence-electron chi connectivity index (χ2n) is 9.21. The minimum absolute atomic E-state index is 0.0324. The van der Waals surface area contributed by atoms with E-state index in [9.17, 15) is 19.2 Å². The summed E-state index contributed by atoms with van der Waals surface area (Å²) in [5, 5.41) is 0. The van der Waals surface area contributed by atoms with Crippen LogP contribution in [0.5, 0.6) is 5.75 Å². The molecule has 0 bridgehead atoms. The Bertz CT molecular complexity index is 1380. The third-order valence-corrected chi connectivity index (χ3v) is 6.30. The smallest absolute Gasteiger partial charge is 0.373 e. The first-order valence-electron chi connectivity index (χ1n) is 13.1. The minimum atomic E-state index is -1.61. The summed E-state index contributed by atoms with van der Waals surface area (Å²) in [5.41, 5.74) is 1.01. The number of esters is 3. The van der Waals surface area contributed by atoms with Crippen LogP contribution < -0.4 is 4.74 Å². The van der Waals surface area contributed by atoms with E-state index in [4.69, 9.17) is 38.2 Å². The number of methoxy groups -OCH3 is 2. The zero-order valence-electron chi connectivity index (χ0n) is 23.6. The molecular weight excluding hydrogens is 564 g/mol. The predicted octanol–water partition coefficient (Wildman–Crippen LogP) is 3.42. The van der Waals surface area contributed by atoms with Gasteiger partial charge in [-0.3, -0.25) is 9.68 Å². The molecule has 12 heteroatoms. The first-order valence-corrected chi connectivity index (χ1v) is 13.1. The van der Waals surface area contributed by atoms with Crippen LogP contribution in [0.3, 0.4) is 0 Å². The van der Waals surface area contributed by atoms with E-state index >= 15 is 0 Å². The van der Waals surface area contributed by atoms with Gasteiger partial charge in [0.1, 0.15) is 5.75 Å². The third kappa shape index (κ3) is 8.16. The van der Waals surface area contributed by atoms with Crippen LogP contribution in [0.4, 0.5) is 0 Å². The molecule has 1 aliphatic heterocycles. The Labute approximate surface area is 247 Å². The Morgan fingerprint density at radius 2 is 1.35 bits per heavy atom. The molecule has 1 heterocycles. The second-order valence-corrected chi connectivity index (χ2v) is 9.21. The second kappa shape index (κ2) is 14.9. The van der Waals surface area contributed by atoms with E-state index in [-0.39, 0.29) is 17.7 Å². The van der Waals surface area contributed by atoms with Gasteiger partial charge in [0.2, 0.25) is 0 Å². The lowest BCUT2D eigenvalue weighted by molar-refractivity contribution is -0.368. The Morgan fingerprint density at radius 1 is 0.721 bits per heavy atom. The number of carbonyl (C=O) groups is 4. The van der Waals surface area contributed by atoms with Crippen LogP contribution in [0, 0.1) is 0 Å². The molecule has 0 N–H and O–H groups in total. The SMILES string of the molecule is COC(=O)[C@@H]1O[C@@H](OCc2ccccc2)[C@H](OC(=O)c2ccccc2)[C@@H](OOC(=O)c2ccc(OC)cc2)[C@H]1OC(C)=O. The van der Waals surface area contributed by atoms with Crippen molar-refractivity contribution in [2.75, 3.05) is 14.2 Å². The maximum Gasteiger partial charge on any atom is 0.373 e. The summed E-state index contributed by atoms with van der Waals surface area (Å²) < 4.78 is 33.0. The van der Waals surface area contributed by atoms with Crippen molar-refractivity contribution < 1.29 is 57.4 Å². The average molecular weight is 595 g/mol. The number of ether oxygens (including phenoxy) is 6. The maximum absolute atomic E-state index is 13.2. The van der Waals surface area contributed by atoms with Gasteiger partial charge in [-0.05, 0) is 42.0 Å². The van der Waals surface area contributed by atoms with Gasteiger partial charge in [-0.2, -0.15) is 4.89 Å². The Balaban J connectivity index is 1.68. The molecule has 0 spiro atoms. The molecule has 0 saturated carbocycles. The third-order valence-electron chi connectivity index (χ3n) is 6.30. The first-order chi connectivity index (χ1) is 20.8. The van der Waals surface area contributed by atoms with E-state index in [2.05, 4.69) is 0 Å². The van der Waals surface area contributed by atoms with Gasteiger partial charge in [0.05, 0.1) is 32.0 Å². The lowest BCUT2D eigenvalue weighted by Gasteiger charge is -2.42. The molecule has 12 nitrogen and oxygen atoms in total. The first kappa shape index (κ1) is 31.2. The molecule has 1 aliphatic rings. The topological polar surface area (TPSA) is 142 Å². The zero-order chi connectivity index (χ0) is 30.8. The van der Waals surface area contributed by atoms with Crippen LogP contribution in [0.2, 0.25) is 0 Å². The van der Waals surface area contributed by atoms with Crippen molar-refractivity contribution in [3.63, 3.8) is 0 Å². The molecule has 1 saturated heterocycles. The fourth-order valence-corrected chi connectivity index (χ4v) is 4.20. The molecule has 0 aromatic heterocycles. The quantitative estimate of drug-likeness (QED) is 0.139. The van der Waals surface area contributed by atoms with Crippen molar-refractivity contribution >= 4 is 23.9 Å². The summed E-state index contributed by atoms with van der Waals surface area (Å²) >= 11 is 0. The van der Waals surface area contributed by atoms with Gasteiger partial charge in [-0.15, -0.1) is 0 Å². The van der Waals surface area contributed by atoms with Gasteiger partial charge in [-0.25, -0.2) is 14.4 Å². The molecule has 0 radical (unpaired) electrons. The fraction of sp³-hybridized carbons (Fsp3) is 0.290. The van der Waals surface area contributed by atoms with E-state index in [0.717, 1.165) is 19.6 Å². The van der Waals surface area contributed by atoms with Crippen molar-refractivity contribution in [2.45, 2.75) is 44.2 Å². The lowest BCUT2D eigenvalue weighted by atomic mass is 9.98. The van der Waals surface area contributed by atoms with E-state index in [0.29, 0.717) is 5.75 Å². The summed E-state index contributed by atoms with van der Waals surface area (Å²) in [5.74, 6) is -3.00. The number of benzene rings is 3. The zero-order valence-corrected chi connectivity index (χ0v) is 23.6. The highest BCUT2D eigenvalue weighted by atomic mass is 17.2. The highest BCUT2D eigenvalue weighted by Gasteiger charge is 2.55. The Morgan fingerprint density at radius 3 is 1.95 bits per heavy atom. The maximum atomic E-state index is 13.2. The molecule has 1 fully saturated rings. The van der Waals surface area contributed by atoms with Crippen molar-refractivity contribution in [1.29, 1.82) is 0 Å². The minimum Gasteiger partial charge on any atom is -0.497 e. The molecule has 0 aliphatic carbocycles. The highest BCUT2D eigenvalue weighted by Crippen LogP contribution is 2.31. The van der Waals surface area contributed by atoms with Crippen LogP contribution in [-0.2, 0) is 49.7 Å². The monoisotopic (exact) mass is 594 g/mol. The molecule has 4 rings (SSSR count). The molecule has 0 amide bonds. The summed E-state index contributed by atoms with van der Waals surface area (Å²) in [7, 11) is 2.58. The van der Waals surface area contributed by atoms with Crippen molar-refractivity contribution in [2.24, 2.45) is 0 Å². The largest absolute Gasteiger partial charge is 0.497 e. The fourth-order valence-electron chi connectivity index (χ4n) is 4.20. The van der Waals surface area contributed by atoms with Crippen LogP contribution in [0.1, 0.15) is 33.2 Å². The van der Waals surface area contributed by atoms with Crippen LogP contribution in [0.15, 0.2) is 84.9 Å². The summed E-state index contributed by atoms with van der Waals surface area (Å²) in [6.07, 6.45) is -7.76. The van der Waals surface area contributed by atoms with E-state index in [1.54, 1.807) is 42.5 Å². The van der Waals surface area contributed by atoms with Crippen molar-refractivity contribution in [3.8, 4) is 5.75 Å². The summed E-state index contributed by atoms with van der Waals surface area (Å²) in [6.45, 7) is 1.06. The van der Waals surface area contributed by atoms with E-state index in [1.807, 2.05) is 6.07 Å². The van der Waals surface area contributed by atoms with Gasteiger partial charge in [-0.1, -0.05) is 48.5 Å². The van der Waals surface area contributed by atoms with E-state index in [1.165, 1.54) is 43.5 Å². The Kier molecular flexibility index (Phi) is 10.8. The van der Waals surface area contributed by atoms with Gasteiger partial charge in [0.15, 0.2) is 30.7 Å². The number of rotatable bonds is 11. The summed E-state index contributed by atoms with van der Waals surface area (Å²) in [6, 6.07) is 23.0. The normalized spacial score (nSPS) is 21.2. The predicted molar refractivity (Wildman–Crippen MR) is 146 cm³/mol. The molecule has 226 valence electrons. The van der Waals surface area contributed by atoms with Gasteiger partial charge < -0.3 is 28.4 Å². The molecular formula is C31H30O12. The number of hydrogen-bond acceptors (Lipinski definition) is 12. The number of carbonyl (C=O) groups excluding carboxylic acids is 4. The van der Waals surface area contributed by atoms with Gasteiger partial charge in [0.25, 0.3) is 0 Å². The van der Waals surface area contributed by atoms with Crippen LogP contribution in [0.25, 0.3) is 0 Å². The van der Waals surface area contributed by atoms with Crippen molar-refractivity contribution in [1.82, 2.24) is 0 Å².